The summed E-state index contributed by atoms with van der Waals surface area (Å²) in [7, 11) is 1.48. The maximum atomic E-state index is 13.1. The van der Waals surface area contributed by atoms with Gasteiger partial charge in [0.1, 0.15) is 17.3 Å². The summed E-state index contributed by atoms with van der Waals surface area (Å²) in [4.78, 5) is 31.6. The van der Waals surface area contributed by atoms with Gasteiger partial charge in [-0.25, -0.2) is 4.98 Å². The average Bonchev–Trinajstić information content (AvgIpc) is 3.05. The van der Waals surface area contributed by atoms with Crippen LogP contribution in [-0.2, 0) is 9.59 Å². The molecule has 0 aliphatic carbocycles. The minimum absolute atomic E-state index is 0.0271. The molecule has 1 N–H and O–H groups in total. The van der Waals surface area contributed by atoms with E-state index >= 15 is 0 Å². The van der Waals surface area contributed by atoms with Crippen molar-refractivity contribution >= 4 is 34.9 Å². The van der Waals surface area contributed by atoms with Gasteiger partial charge in [0.2, 0.25) is 0 Å². The van der Waals surface area contributed by atoms with Crippen LogP contribution < -0.4 is 9.64 Å². The minimum Gasteiger partial charge on any atom is -0.507 e. The van der Waals surface area contributed by atoms with Gasteiger partial charge in [-0.3, -0.25) is 14.5 Å². The summed E-state index contributed by atoms with van der Waals surface area (Å²) < 4.78 is 5.15. The summed E-state index contributed by atoms with van der Waals surface area (Å²) in [6, 6.07) is 16.4. The van der Waals surface area contributed by atoms with Gasteiger partial charge >= 0.3 is 5.91 Å². The van der Waals surface area contributed by atoms with Crippen molar-refractivity contribution in [3.8, 4) is 5.75 Å². The zero-order valence-corrected chi connectivity index (χ0v) is 17.6. The largest absolute Gasteiger partial charge is 0.507 e. The molecule has 0 saturated carbocycles. The van der Waals surface area contributed by atoms with E-state index in [-0.39, 0.29) is 16.4 Å². The van der Waals surface area contributed by atoms with E-state index in [1.165, 1.54) is 18.1 Å². The van der Waals surface area contributed by atoms with Crippen LogP contribution in [0, 0.1) is 6.92 Å². The molecule has 7 heteroatoms. The number of benzene rings is 2. The van der Waals surface area contributed by atoms with Gasteiger partial charge < -0.3 is 9.84 Å². The first-order chi connectivity index (χ1) is 14.9. The highest BCUT2D eigenvalue weighted by atomic mass is 35.5. The van der Waals surface area contributed by atoms with Crippen molar-refractivity contribution in [1.29, 1.82) is 0 Å². The van der Waals surface area contributed by atoms with Crippen molar-refractivity contribution in [1.82, 2.24) is 4.98 Å². The summed E-state index contributed by atoms with van der Waals surface area (Å²) in [6.45, 7) is 1.94. The van der Waals surface area contributed by atoms with E-state index in [0.717, 1.165) is 5.56 Å². The summed E-state index contributed by atoms with van der Waals surface area (Å²) >= 11 is 6.21. The SMILES string of the molecule is COc1ccc(/C(O)=C2\C(=O)C(=O)N(c3ccccn3)[C@@H]2c2ccc(C)cc2)cc1Cl. The number of carbonyl (C=O) groups is 2. The molecule has 2 aromatic carbocycles. The molecule has 0 spiro atoms. The number of pyridine rings is 1. The number of carbonyl (C=O) groups excluding carboxylic acids is 2. The Balaban J connectivity index is 1.93. The third-order valence-electron chi connectivity index (χ3n) is 5.16. The molecular formula is C24H19ClN2O4. The molecule has 31 heavy (non-hydrogen) atoms. The van der Waals surface area contributed by atoms with Gasteiger partial charge in [0, 0.05) is 11.8 Å². The Labute approximate surface area is 184 Å². The van der Waals surface area contributed by atoms with Crippen molar-refractivity contribution in [2.24, 2.45) is 0 Å². The molecule has 2 heterocycles. The maximum absolute atomic E-state index is 13.1. The van der Waals surface area contributed by atoms with Gasteiger partial charge in [0.15, 0.2) is 0 Å². The van der Waals surface area contributed by atoms with E-state index in [0.29, 0.717) is 22.7 Å². The third kappa shape index (κ3) is 3.66. The molecule has 1 aliphatic rings. The molecule has 1 saturated heterocycles. The van der Waals surface area contributed by atoms with Crippen molar-refractivity contribution in [2.75, 3.05) is 12.0 Å². The van der Waals surface area contributed by atoms with Crippen LogP contribution in [0.4, 0.5) is 5.82 Å². The maximum Gasteiger partial charge on any atom is 0.301 e. The standard InChI is InChI=1S/C24H19ClN2O4/c1-14-6-8-15(9-7-14)21-20(22(28)16-10-11-18(31-2)17(25)13-16)23(29)24(30)27(21)19-5-3-4-12-26-19/h3-13,21,28H,1-2H3/b22-20+/t21-/m1/s1. The van der Waals surface area contributed by atoms with E-state index < -0.39 is 17.7 Å². The predicted molar refractivity (Wildman–Crippen MR) is 118 cm³/mol. The molecular weight excluding hydrogens is 416 g/mol. The second kappa shape index (κ2) is 8.24. The lowest BCUT2D eigenvalue weighted by atomic mass is 9.94. The van der Waals surface area contributed by atoms with Gasteiger partial charge in [0.05, 0.1) is 23.7 Å². The topological polar surface area (TPSA) is 79.7 Å². The fourth-order valence-corrected chi connectivity index (χ4v) is 3.86. The van der Waals surface area contributed by atoms with E-state index in [9.17, 15) is 14.7 Å². The number of amides is 1. The number of anilines is 1. The Bertz CT molecular complexity index is 1190. The molecule has 0 unspecified atom stereocenters. The lowest BCUT2D eigenvalue weighted by molar-refractivity contribution is -0.132. The molecule has 156 valence electrons. The number of rotatable bonds is 4. The number of ether oxygens (including phenoxy) is 1. The lowest BCUT2D eigenvalue weighted by Gasteiger charge is -2.24. The van der Waals surface area contributed by atoms with Crippen molar-refractivity contribution in [3.63, 3.8) is 0 Å². The molecule has 1 fully saturated rings. The molecule has 0 radical (unpaired) electrons. The van der Waals surface area contributed by atoms with E-state index in [1.807, 2.05) is 31.2 Å². The van der Waals surface area contributed by atoms with E-state index in [1.54, 1.807) is 36.5 Å². The molecule has 0 bridgehead atoms. The zero-order chi connectivity index (χ0) is 22.1. The van der Waals surface area contributed by atoms with Crippen LogP contribution in [0.5, 0.6) is 5.75 Å². The Morgan fingerprint density at radius 1 is 1.10 bits per heavy atom. The second-order valence-corrected chi connectivity index (χ2v) is 7.52. The van der Waals surface area contributed by atoms with Crippen LogP contribution in [0.25, 0.3) is 5.76 Å². The van der Waals surface area contributed by atoms with Gasteiger partial charge in [-0.2, -0.15) is 0 Å². The quantitative estimate of drug-likeness (QED) is 0.366. The zero-order valence-electron chi connectivity index (χ0n) is 16.9. The van der Waals surface area contributed by atoms with Crippen LogP contribution in [0.3, 0.4) is 0 Å². The first-order valence-electron chi connectivity index (χ1n) is 9.55. The molecule has 6 nitrogen and oxygen atoms in total. The van der Waals surface area contributed by atoms with E-state index in [2.05, 4.69) is 4.98 Å². The average molecular weight is 435 g/mol. The monoisotopic (exact) mass is 434 g/mol. The van der Waals surface area contributed by atoms with Crippen LogP contribution >= 0.6 is 11.6 Å². The van der Waals surface area contributed by atoms with Crippen molar-refractivity contribution in [3.05, 3.63) is 94.1 Å². The van der Waals surface area contributed by atoms with Crippen LogP contribution in [0.15, 0.2) is 72.4 Å². The first kappa shape index (κ1) is 20.6. The number of halogens is 1. The number of nitrogens with zero attached hydrogens (tertiary/aromatic N) is 2. The lowest BCUT2D eigenvalue weighted by Crippen LogP contribution is -2.30. The van der Waals surface area contributed by atoms with Gasteiger partial charge in [-0.05, 0) is 42.8 Å². The summed E-state index contributed by atoms with van der Waals surface area (Å²) in [6.07, 6.45) is 1.55. The Morgan fingerprint density at radius 3 is 2.45 bits per heavy atom. The molecule has 1 aliphatic heterocycles. The number of Topliss-reactive ketones (excluding diaryl/α,β-unsaturated/α-hetero) is 1. The number of aromatic nitrogens is 1. The molecule has 3 aromatic rings. The predicted octanol–water partition coefficient (Wildman–Crippen LogP) is 4.68. The number of aryl methyl sites for hydroxylation is 1. The van der Waals surface area contributed by atoms with Gasteiger partial charge in [-0.15, -0.1) is 0 Å². The van der Waals surface area contributed by atoms with E-state index in [4.69, 9.17) is 16.3 Å². The molecule has 1 atom stereocenters. The Morgan fingerprint density at radius 2 is 1.84 bits per heavy atom. The Hall–Kier alpha value is -3.64. The Kier molecular flexibility index (Phi) is 5.48. The highest BCUT2D eigenvalue weighted by molar-refractivity contribution is 6.51. The van der Waals surface area contributed by atoms with Crippen LogP contribution in [0.2, 0.25) is 5.02 Å². The number of aliphatic hydroxyl groups excluding tert-OH is 1. The number of ketones is 1. The summed E-state index contributed by atoms with van der Waals surface area (Å²) in [5.41, 5.74) is 1.99. The number of hydrogen-bond donors (Lipinski definition) is 1. The fourth-order valence-electron chi connectivity index (χ4n) is 3.60. The van der Waals surface area contributed by atoms with Crippen LogP contribution in [-0.4, -0.2) is 28.9 Å². The third-order valence-corrected chi connectivity index (χ3v) is 5.45. The van der Waals surface area contributed by atoms with Gasteiger partial charge in [0.25, 0.3) is 5.78 Å². The smallest absolute Gasteiger partial charge is 0.301 e. The highest BCUT2D eigenvalue weighted by Crippen LogP contribution is 2.42. The summed E-state index contributed by atoms with van der Waals surface area (Å²) in [5, 5.41) is 11.4. The molecule has 4 rings (SSSR count). The van der Waals surface area contributed by atoms with Crippen molar-refractivity contribution < 1.29 is 19.4 Å². The van der Waals surface area contributed by atoms with Crippen LogP contribution in [0.1, 0.15) is 22.7 Å². The fraction of sp³-hybridized carbons (Fsp3) is 0.125. The number of hydrogen-bond acceptors (Lipinski definition) is 5. The molecule has 1 aromatic heterocycles. The second-order valence-electron chi connectivity index (χ2n) is 7.12. The first-order valence-corrected chi connectivity index (χ1v) is 9.92. The van der Waals surface area contributed by atoms with Gasteiger partial charge in [-0.1, -0.05) is 47.5 Å². The highest BCUT2D eigenvalue weighted by Gasteiger charge is 2.47. The summed E-state index contributed by atoms with van der Waals surface area (Å²) in [5.74, 6) is -1.11. The van der Waals surface area contributed by atoms with Crippen molar-refractivity contribution in [2.45, 2.75) is 13.0 Å². The normalized spacial score (nSPS) is 17.8. The molecule has 1 amide bonds. The minimum atomic E-state index is -0.837. The number of aliphatic hydroxyl groups is 1. The number of methoxy groups -OCH3 is 1.